The molecule has 2 aromatic heterocycles. The van der Waals surface area contributed by atoms with Crippen LogP contribution in [0.1, 0.15) is 24.2 Å². The molecule has 0 aliphatic rings. The van der Waals surface area contributed by atoms with E-state index in [4.69, 9.17) is 0 Å². The maximum absolute atomic E-state index is 9.41. The van der Waals surface area contributed by atoms with Crippen LogP contribution in [-0.4, -0.2) is 14.7 Å². The van der Waals surface area contributed by atoms with Crippen molar-refractivity contribution in [2.75, 3.05) is 0 Å². The first-order chi connectivity index (χ1) is 7.65. The quantitative estimate of drug-likeness (QED) is 0.939. The predicted molar refractivity (Wildman–Crippen MR) is 66.1 cm³/mol. The van der Waals surface area contributed by atoms with E-state index in [-0.39, 0.29) is 0 Å². The third kappa shape index (κ3) is 2.71. The molecule has 2 heterocycles. The van der Waals surface area contributed by atoms with Crippen molar-refractivity contribution in [2.24, 2.45) is 0 Å². The molecule has 0 amide bonds. The van der Waals surface area contributed by atoms with Gasteiger partial charge in [-0.15, -0.1) is 0 Å². The summed E-state index contributed by atoms with van der Waals surface area (Å²) in [6.07, 6.45) is 7.10. The largest absolute Gasteiger partial charge is 0.389 e. The minimum absolute atomic E-state index is 0.415. The Morgan fingerprint density at radius 1 is 1.50 bits per heavy atom. The summed E-state index contributed by atoms with van der Waals surface area (Å²) in [6.45, 7) is 2.53. The van der Waals surface area contributed by atoms with Crippen molar-refractivity contribution in [1.82, 2.24) is 9.55 Å². The Balaban J connectivity index is 2.14. The highest BCUT2D eigenvalue weighted by atomic mass is 79.9. The molecule has 0 fully saturated rings. The molecule has 2 aromatic rings. The molecule has 3 nitrogen and oxygen atoms in total. The van der Waals surface area contributed by atoms with Gasteiger partial charge >= 0.3 is 0 Å². The van der Waals surface area contributed by atoms with Crippen LogP contribution in [0.15, 0.2) is 41.4 Å². The first kappa shape index (κ1) is 11.4. The van der Waals surface area contributed by atoms with E-state index in [1.165, 1.54) is 0 Å². The number of rotatable bonds is 3. The third-order valence-electron chi connectivity index (χ3n) is 2.38. The lowest BCUT2D eigenvalue weighted by Gasteiger charge is -2.03. The van der Waals surface area contributed by atoms with E-state index in [2.05, 4.69) is 20.9 Å². The van der Waals surface area contributed by atoms with Gasteiger partial charge < -0.3 is 9.67 Å². The van der Waals surface area contributed by atoms with Gasteiger partial charge in [-0.25, -0.2) is 0 Å². The topological polar surface area (TPSA) is 38.0 Å². The van der Waals surface area contributed by atoms with Crippen LogP contribution in [0.2, 0.25) is 0 Å². The molecule has 1 unspecified atom stereocenters. The fourth-order valence-electron chi connectivity index (χ4n) is 1.56. The summed E-state index contributed by atoms with van der Waals surface area (Å²) >= 11 is 3.39. The van der Waals surface area contributed by atoms with E-state index < -0.39 is 6.10 Å². The standard InChI is InChI=1S/C12H13BrN2O/c1-9(16)11-2-3-15(8-11)7-10-4-12(13)6-14-5-10/h2-6,8-9,16H,7H2,1H3. The number of nitrogens with zero attached hydrogens (tertiary/aromatic N) is 2. The van der Waals surface area contributed by atoms with Crippen LogP contribution in [0.3, 0.4) is 0 Å². The molecule has 0 spiro atoms. The van der Waals surface area contributed by atoms with Crippen LogP contribution < -0.4 is 0 Å². The smallest absolute Gasteiger partial charge is 0.0776 e. The Bertz CT molecular complexity index is 479. The van der Waals surface area contributed by atoms with Gasteiger partial charge in [-0.1, -0.05) is 0 Å². The van der Waals surface area contributed by atoms with E-state index in [9.17, 15) is 5.11 Å². The molecular weight excluding hydrogens is 268 g/mol. The van der Waals surface area contributed by atoms with Crippen molar-refractivity contribution in [3.05, 3.63) is 52.5 Å². The fourth-order valence-corrected chi connectivity index (χ4v) is 1.97. The Morgan fingerprint density at radius 3 is 2.94 bits per heavy atom. The van der Waals surface area contributed by atoms with Crippen LogP contribution >= 0.6 is 15.9 Å². The number of pyridine rings is 1. The van der Waals surface area contributed by atoms with Gasteiger partial charge in [-0.3, -0.25) is 4.98 Å². The van der Waals surface area contributed by atoms with Gasteiger partial charge in [-0.05, 0) is 46.1 Å². The van der Waals surface area contributed by atoms with E-state index in [0.29, 0.717) is 0 Å². The highest BCUT2D eigenvalue weighted by Crippen LogP contribution is 2.14. The van der Waals surface area contributed by atoms with Crippen molar-refractivity contribution in [3.63, 3.8) is 0 Å². The van der Waals surface area contributed by atoms with Gasteiger partial charge in [0.05, 0.1) is 6.10 Å². The average Bonchev–Trinajstić information content (AvgIpc) is 2.66. The molecule has 0 bridgehead atoms. The molecule has 0 saturated heterocycles. The SMILES string of the molecule is CC(O)c1ccn(Cc2cncc(Br)c2)c1. The van der Waals surface area contributed by atoms with Gasteiger partial charge in [0.1, 0.15) is 0 Å². The summed E-state index contributed by atoms with van der Waals surface area (Å²) in [4.78, 5) is 4.11. The number of halogens is 1. The van der Waals surface area contributed by atoms with Gasteiger partial charge in [0, 0.05) is 35.8 Å². The van der Waals surface area contributed by atoms with Gasteiger partial charge in [-0.2, -0.15) is 0 Å². The summed E-state index contributed by atoms with van der Waals surface area (Å²) in [5.74, 6) is 0. The second-order valence-corrected chi connectivity index (χ2v) is 4.72. The second kappa shape index (κ2) is 4.80. The summed E-state index contributed by atoms with van der Waals surface area (Å²) in [7, 11) is 0. The number of hydrogen-bond donors (Lipinski definition) is 1. The zero-order valence-corrected chi connectivity index (χ0v) is 10.6. The number of aliphatic hydroxyl groups is 1. The van der Waals surface area contributed by atoms with Crippen LogP contribution in [-0.2, 0) is 6.54 Å². The predicted octanol–water partition coefficient (Wildman–Crippen LogP) is 2.75. The highest BCUT2D eigenvalue weighted by Gasteiger charge is 2.03. The average molecular weight is 281 g/mol. The van der Waals surface area contributed by atoms with Gasteiger partial charge in [0.15, 0.2) is 0 Å². The lowest BCUT2D eigenvalue weighted by atomic mass is 10.2. The van der Waals surface area contributed by atoms with Crippen LogP contribution in [0, 0.1) is 0 Å². The Labute approximate surface area is 103 Å². The maximum Gasteiger partial charge on any atom is 0.0776 e. The molecule has 0 aliphatic heterocycles. The molecule has 1 atom stereocenters. The van der Waals surface area contributed by atoms with E-state index in [0.717, 1.165) is 22.1 Å². The lowest BCUT2D eigenvalue weighted by Crippen LogP contribution is -1.97. The summed E-state index contributed by atoms with van der Waals surface area (Å²) in [5, 5.41) is 9.41. The van der Waals surface area contributed by atoms with Crippen LogP contribution in [0.25, 0.3) is 0 Å². The Morgan fingerprint density at radius 2 is 2.31 bits per heavy atom. The van der Waals surface area contributed by atoms with Gasteiger partial charge in [0.25, 0.3) is 0 Å². The monoisotopic (exact) mass is 280 g/mol. The van der Waals surface area contributed by atoms with Crippen molar-refractivity contribution in [3.8, 4) is 0 Å². The van der Waals surface area contributed by atoms with Crippen LogP contribution in [0.4, 0.5) is 0 Å². The van der Waals surface area contributed by atoms with Gasteiger partial charge in [0.2, 0.25) is 0 Å². The molecule has 16 heavy (non-hydrogen) atoms. The fraction of sp³-hybridized carbons (Fsp3) is 0.250. The molecule has 84 valence electrons. The summed E-state index contributed by atoms with van der Waals surface area (Å²) < 4.78 is 3.01. The van der Waals surface area contributed by atoms with Crippen molar-refractivity contribution in [2.45, 2.75) is 19.6 Å². The molecule has 0 aromatic carbocycles. The Hall–Kier alpha value is -1.13. The number of aromatic nitrogens is 2. The molecule has 0 saturated carbocycles. The number of aliphatic hydroxyl groups excluding tert-OH is 1. The zero-order chi connectivity index (χ0) is 11.5. The maximum atomic E-state index is 9.41. The zero-order valence-electron chi connectivity index (χ0n) is 8.97. The lowest BCUT2D eigenvalue weighted by molar-refractivity contribution is 0.199. The molecular formula is C12H13BrN2O. The summed E-state index contributed by atoms with van der Waals surface area (Å²) in [5.41, 5.74) is 2.06. The van der Waals surface area contributed by atoms with Crippen LogP contribution in [0.5, 0.6) is 0 Å². The molecule has 4 heteroatoms. The normalized spacial score (nSPS) is 12.7. The second-order valence-electron chi connectivity index (χ2n) is 3.80. The minimum atomic E-state index is -0.415. The molecule has 1 N–H and O–H groups in total. The summed E-state index contributed by atoms with van der Waals surface area (Å²) in [6, 6.07) is 3.96. The molecule has 0 radical (unpaired) electrons. The third-order valence-corrected chi connectivity index (χ3v) is 2.82. The molecule has 0 aliphatic carbocycles. The van der Waals surface area contributed by atoms with Crippen molar-refractivity contribution in [1.29, 1.82) is 0 Å². The van der Waals surface area contributed by atoms with Crippen molar-refractivity contribution >= 4 is 15.9 Å². The van der Waals surface area contributed by atoms with E-state index in [1.807, 2.05) is 35.3 Å². The first-order valence-corrected chi connectivity index (χ1v) is 5.87. The first-order valence-electron chi connectivity index (χ1n) is 5.08. The van der Waals surface area contributed by atoms with E-state index in [1.54, 1.807) is 13.1 Å². The number of hydrogen-bond acceptors (Lipinski definition) is 2. The highest BCUT2D eigenvalue weighted by molar-refractivity contribution is 9.10. The minimum Gasteiger partial charge on any atom is -0.389 e. The van der Waals surface area contributed by atoms with Crippen molar-refractivity contribution < 1.29 is 5.11 Å². The molecule has 2 rings (SSSR count). The Kier molecular flexibility index (Phi) is 3.41. The van der Waals surface area contributed by atoms with E-state index >= 15 is 0 Å².